The molecule has 0 radical (unpaired) electrons. The number of amides is 2. The Bertz CT molecular complexity index is 974. The third kappa shape index (κ3) is 5.62. The number of anilines is 3. The molecule has 1 heterocycles. The lowest BCUT2D eigenvalue weighted by Gasteiger charge is -2.20. The summed E-state index contributed by atoms with van der Waals surface area (Å²) in [5.41, 5.74) is 2.71. The van der Waals surface area contributed by atoms with Gasteiger partial charge in [0, 0.05) is 43.8 Å². The maximum absolute atomic E-state index is 12.5. The first kappa shape index (κ1) is 20.0. The molecule has 0 aliphatic heterocycles. The first-order chi connectivity index (χ1) is 14.0. The minimum atomic E-state index is -0.317. The van der Waals surface area contributed by atoms with E-state index in [1.807, 2.05) is 30.0 Å². The van der Waals surface area contributed by atoms with Gasteiger partial charge in [-0.25, -0.2) is 9.97 Å². The summed E-state index contributed by atoms with van der Waals surface area (Å²) in [7, 11) is 0. The van der Waals surface area contributed by atoms with E-state index in [2.05, 4.69) is 32.7 Å². The summed E-state index contributed by atoms with van der Waals surface area (Å²) in [4.78, 5) is 34.4. The largest absolute Gasteiger partial charge is 0.337 e. The predicted octanol–water partition coefficient (Wildman–Crippen LogP) is 3.71. The van der Waals surface area contributed by atoms with Crippen LogP contribution in [0.1, 0.15) is 29.8 Å². The molecule has 1 aromatic heterocycles. The number of hydrogen-bond acceptors (Lipinski definition) is 5. The van der Waals surface area contributed by atoms with E-state index in [0.29, 0.717) is 29.4 Å². The van der Waals surface area contributed by atoms with Gasteiger partial charge >= 0.3 is 0 Å². The van der Waals surface area contributed by atoms with E-state index in [-0.39, 0.29) is 11.8 Å². The second kappa shape index (κ2) is 9.45. The highest BCUT2D eigenvalue weighted by Crippen LogP contribution is 2.17. The van der Waals surface area contributed by atoms with Crippen molar-refractivity contribution in [3.8, 4) is 0 Å². The van der Waals surface area contributed by atoms with Gasteiger partial charge in [0.1, 0.15) is 0 Å². The smallest absolute Gasteiger partial charge is 0.258 e. The number of aromatic nitrogens is 2. The lowest BCUT2D eigenvalue weighted by Crippen LogP contribution is -2.24. The molecule has 2 aromatic carbocycles. The van der Waals surface area contributed by atoms with Crippen LogP contribution in [0.5, 0.6) is 0 Å². The van der Waals surface area contributed by atoms with Gasteiger partial charge in [0.15, 0.2) is 0 Å². The van der Waals surface area contributed by atoms with E-state index in [4.69, 9.17) is 0 Å². The number of carbonyl (C=O) groups is 2. The van der Waals surface area contributed by atoms with Gasteiger partial charge in [-0.1, -0.05) is 36.4 Å². The van der Waals surface area contributed by atoms with Crippen LogP contribution in [0.15, 0.2) is 67.0 Å². The number of rotatable bonds is 7. The monoisotopic (exact) mass is 389 g/mol. The third-order valence-corrected chi connectivity index (χ3v) is 4.22. The minimum Gasteiger partial charge on any atom is -0.337 e. The summed E-state index contributed by atoms with van der Waals surface area (Å²) in [6.07, 6.45) is 3.03. The molecular formula is C22H23N5O2. The van der Waals surface area contributed by atoms with Crippen LogP contribution in [-0.2, 0) is 11.3 Å². The Kier molecular flexibility index (Phi) is 6.52. The van der Waals surface area contributed by atoms with Crippen molar-refractivity contribution in [2.24, 2.45) is 0 Å². The van der Waals surface area contributed by atoms with Gasteiger partial charge in [0.25, 0.3) is 5.91 Å². The van der Waals surface area contributed by atoms with Crippen LogP contribution in [-0.4, -0.2) is 28.3 Å². The first-order valence-corrected chi connectivity index (χ1v) is 9.35. The van der Waals surface area contributed by atoms with Crippen molar-refractivity contribution < 1.29 is 9.59 Å². The molecule has 148 valence electrons. The summed E-state index contributed by atoms with van der Waals surface area (Å²) in [5.74, 6) is 0.0802. The molecule has 0 saturated heterocycles. The highest BCUT2D eigenvalue weighted by atomic mass is 16.2. The third-order valence-electron chi connectivity index (χ3n) is 4.22. The standard InChI is InChI=1S/C22H23N5O2/c1-3-27(15-17-8-5-4-6-9-17)22-23-13-18(14-24-22)21(29)26-20-11-7-10-19(12-20)25-16(2)28/h4-14H,3,15H2,1-2H3,(H,25,28)(H,26,29). The zero-order chi connectivity index (χ0) is 20.6. The fourth-order valence-corrected chi connectivity index (χ4v) is 2.81. The Morgan fingerprint density at radius 1 is 0.931 bits per heavy atom. The van der Waals surface area contributed by atoms with Crippen molar-refractivity contribution in [2.45, 2.75) is 20.4 Å². The van der Waals surface area contributed by atoms with Crippen molar-refractivity contribution in [3.05, 3.63) is 78.1 Å². The second-order valence-electron chi connectivity index (χ2n) is 6.49. The summed E-state index contributed by atoms with van der Waals surface area (Å²) in [6, 6.07) is 17.0. The van der Waals surface area contributed by atoms with Crippen molar-refractivity contribution in [3.63, 3.8) is 0 Å². The molecule has 29 heavy (non-hydrogen) atoms. The number of benzene rings is 2. The number of nitrogens with one attached hydrogen (secondary N) is 2. The van der Waals surface area contributed by atoms with E-state index < -0.39 is 0 Å². The summed E-state index contributed by atoms with van der Waals surface area (Å²) < 4.78 is 0. The molecule has 0 fully saturated rings. The Labute approximate surface area is 169 Å². The summed E-state index contributed by atoms with van der Waals surface area (Å²) >= 11 is 0. The van der Waals surface area contributed by atoms with Crippen LogP contribution < -0.4 is 15.5 Å². The van der Waals surface area contributed by atoms with Crippen LogP contribution in [0.2, 0.25) is 0 Å². The molecule has 0 atom stereocenters. The lowest BCUT2D eigenvalue weighted by atomic mass is 10.2. The molecule has 7 heteroatoms. The molecule has 2 amide bonds. The molecule has 0 spiro atoms. The quantitative estimate of drug-likeness (QED) is 0.643. The molecule has 0 aliphatic carbocycles. The Balaban J connectivity index is 1.67. The van der Waals surface area contributed by atoms with Crippen LogP contribution in [0.4, 0.5) is 17.3 Å². The highest BCUT2D eigenvalue weighted by Gasteiger charge is 2.12. The van der Waals surface area contributed by atoms with Crippen LogP contribution in [0, 0.1) is 0 Å². The molecule has 3 rings (SSSR count). The van der Waals surface area contributed by atoms with Gasteiger partial charge in [-0.3, -0.25) is 9.59 Å². The first-order valence-electron chi connectivity index (χ1n) is 9.35. The fourth-order valence-electron chi connectivity index (χ4n) is 2.81. The SMILES string of the molecule is CCN(Cc1ccccc1)c1ncc(C(=O)Nc2cccc(NC(C)=O)c2)cn1. The highest BCUT2D eigenvalue weighted by molar-refractivity contribution is 6.04. The van der Waals surface area contributed by atoms with Gasteiger partial charge in [0.05, 0.1) is 5.56 Å². The maximum atomic E-state index is 12.5. The van der Waals surface area contributed by atoms with Crippen molar-refractivity contribution >= 4 is 29.1 Å². The van der Waals surface area contributed by atoms with E-state index in [9.17, 15) is 9.59 Å². The van der Waals surface area contributed by atoms with Crippen molar-refractivity contribution in [1.82, 2.24) is 9.97 Å². The van der Waals surface area contributed by atoms with Crippen molar-refractivity contribution in [2.75, 3.05) is 22.1 Å². The molecule has 0 aliphatic rings. The Hall–Kier alpha value is -3.74. The predicted molar refractivity (Wildman–Crippen MR) is 114 cm³/mol. The van der Waals surface area contributed by atoms with Gasteiger partial charge in [-0.05, 0) is 30.7 Å². The molecule has 2 N–H and O–H groups in total. The molecular weight excluding hydrogens is 366 g/mol. The summed E-state index contributed by atoms with van der Waals surface area (Å²) in [5, 5.41) is 5.47. The van der Waals surface area contributed by atoms with Crippen molar-refractivity contribution in [1.29, 1.82) is 0 Å². The zero-order valence-electron chi connectivity index (χ0n) is 16.4. The topological polar surface area (TPSA) is 87.2 Å². The molecule has 3 aromatic rings. The zero-order valence-corrected chi connectivity index (χ0v) is 16.4. The van der Waals surface area contributed by atoms with Gasteiger partial charge < -0.3 is 15.5 Å². The average Bonchev–Trinajstić information content (AvgIpc) is 2.72. The normalized spacial score (nSPS) is 10.3. The summed E-state index contributed by atoms with van der Waals surface area (Å²) in [6.45, 7) is 4.91. The molecule has 0 bridgehead atoms. The lowest BCUT2D eigenvalue weighted by molar-refractivity contribution is -0.114. The van der Waals surface area contributed by atoms with Gasteiger partial charge in [0.2, 0.25) is 11.9 Å². The number of nitrogens with zero attached hydrogens (tertiary/aromatic N) is 3. The van der Waals surface area contributed by atoms with Gasteiger partial charge in [-0.15, -0.1) is 0 Å². The van der Waals surface area contributed by atoms with Gasteiger partial charge in [-0.2, -0.15) is 0 Å². The van der Waals surface area contributed by atoms with Crippen LogP contribution >= 0.6 is 0 Å². The fraction of sp³-hybridized carbons (Fsp3) is 0.182. The Morgan fingerprint density at radius 3 is 2.21 bits per heavy atom. The number of hydrogen-bond donors (Lipinski definition) is 2. The minimum absolute atomic E-state index is 0.173. The van der Waals surface area contributed by atoms with Crippen LogP contribution in [0.3, 0.4) is 0 Å². The van der Waals surface area contributed by atoms with E-state index >= 15 is 0 Å². The Morgan fingerprint density at radius 2 is 1.59 bits per heavy atom. The molecule has 7 nitrogen and oxygen atoms in total. The molecule has 0 saturated carbocycles. The van der Waals surface area contributed by atoms with E-state index in [0.717, 1.165) is 6.54 Å². The molecule has 0 unspecified atom stereocenters. The van der Waals surface area contributed by atoms with E-state index in [1.54, 1.807) is 24.3 Å². The average molecular weight is 389 g/mol. The van der Waals surface area contributed by atoms with E-state index in [1.165, 1.54) is 24.9 Å². The number of carbonyl (C=O) groups excluding carboxylic acids is 2. The maximum Gasteiger partial charge on any atom is 0.258 e. The van der Waals surface area contributed by atoms with Crippen LogP contribution in [0.25, 0.3) is 0 Å². The second-order valence-corrected chi connectivity index (χ2v) is 6.49.